The van der Waals surface area contributed by atoms with E-state index in [1.165, 1.54) is 16.5 Å². The molecule has 184 valence electrons. The van der Waals surface area contributed by atoms with Gasteiger partial charge in [-0.05, 0) is 81.8 Å². The number of pyridine rings is 1. The normalized spacial score (nSPS) is 16.0. The minimum atomic E-state index is -0.652. The van der Waals surface area contributed by atoms with Crippen molar-refractivity contribution in [2.24, 2.45) is 7.05 Å². The monoisotopic (exact) mass is 465 g/mol. The quantitative estimate of drug-likeness (QED) is 0.542. The van der Waals surface area contributed by atoms with E-state index in [4.69, 9.17) is 4.74 Å². The zero-order valence-electron chi connectivity index (χ0n) is 21.7. The molecule has 4 rings (SSSR count). The molecule has 0 bridgehead atoms. The first-order valence-corrected chi connectivity index (χ1v) is 12.3. The molecule has 1 aliphatic heterocycles. The standard InChI is InChI=1S/C28H39N3O3/c1-17(2)24-21-14-20(19-10-12-31(13-11-19)16-28(4,5)33)8-9-23(21)29-25(24)22-15-30(6)27(32)26(34-7)18(22)3/h8-9,14-15,17,19,29,33H,10-13,16H2,1-7H3. The van der Waals surface area contributed by atoms with Crippen LogP contribution in [0, 0.1) is 6.92 Å². The van der Waals surface area contributed by atoms with Crippen molar-refractivity contribution in [2.75, 3.05) is 26.7 Å². The number of aromatic amines is 1. The average Bonchev–Trinajstić information content (AvgIpc) is 3.15. The lowest BCUT2D eigenvalue weighted by Gasteiger charge is -2.35. The lowest BCUT2D eigenvalue weighted by Crippen LogP contribution is -2.42. The van der Waals surface area contributed by atoms with Crippen LogP contribution in [-0.4, -0.2) is 51.9 Å². The summed E-state index contributed by atoms with van der Waals surface area (Å²) in [6, 6.07) is 6.84. The molecule has 0 amide bonds. The van der Waals surface area contributed by atoms with Crippen LogP contribution in [-0.2, 0) is 7.05 Å². The van der Waals surface area contributed by atoms with Gasteiger partial charge in [0.1, 0.15) is 0 Å². The molecule has 0 radical (unpaired) electrons. The Bertz CT molecular complexity index is 1240. The summed E-state index contributed by atoms with van der Waals surface area (Å²) >= 11 is 0. The Morgan fingerprint density at radius 2 is 1.91 bits per heavy atom. The van der Waals surface area contributed by atoms with E-state index in [1.807, 2.05) is 27.0 Å². The molecule has 34 heavy (non-hydrogen) atoms. The summed E-state index contributed by atoms with van der Waals surface area (Å²) in [6.45, 7) is 12.9. The number of aliphatic hydroxyl groups is 1. The second-order valence-corrected chi connectivity index (χ2v) is 10.9. The van der Waals surface area contributed by atoms with Crippen LogP contribution in [0.3, 0.4) is 0 Å². The van der Waals surface area contributed by atoms with Gasteiger partial charge in [-0.15, -0.1) is 0 Å². The molecule has 1 aromatic carbocycles. The van der Waals surface area contributed by atoms with Gasteiger partial charge in [0, 0.05) is 41.8 Å². The number of hydrogen-bond acceptors (Lipinski definition) is 4. The lowest BCUT2D eigenvalue weighted by molar-refractivity contribution is 0.0282. The smallest absolute Gasteiger partial charge is 0.292 e. The fourth-order valence-electron chi connectivity index (χ4n) is 5.55. The van der Waals surface area contributed by atoms with E-state index in [1.54, 1.807) is 18.7 Å². The van der Waals surface area contributed by atoms with Crippen LogP contribution in [0.25, 0.3) is 22.2 Å². The van der Waals surface area contributed by atoms with E-state index in [0.29, 0.717) is 17.6 Å². The molecule has 3 aromatic rings. The Morgan fingerprint density at radius 3 is 2.50 bits per heavy atom. The zero-order valence-corrected chi connectivity index (χ0v) is 21.7. The van der Waals surface area contributed by atoms with Gasteiger partial charge in [0.15, 0.2) is 5.75 Å². The third-order valence-corrected chi connectivity index (χ3v) is 7.17. The number of β-amino-alcohol motifs (C(OH)–C–C–N with tert-alkyl or cyclic N) is 1. The number of nitrogens with one attached hydrogen (secondary N) is 1. The SMILES string of the molecule is COc1c(C)c(-c2[nH]c3ccc(C4CCN(CC(C)(C)O)CC4)cc3c2C(C)C)cn(C)c1=O. The number of likely N-dealkylation sites (tertiary alicyclic amines) is 1. The Balaban J connectivity index is 1.73. The molecule has 6 heteroatoms. The molecule has 0 saturated carbocycles. The van der Waals surface area contributed by atoms with E-state index in [9.17, 15) is 9.90 Å². The fraction of sp³-hybridized carbons (Fsp3) is 0.536. The fourth-order valence-corrected chi connectivity index (χ4v) is 5.55. The Kier molecular flexibility index (Phi) is 6.67. The number of methoxy groups -OCH3 is 1. The van der Waals surface area contributed by atoms with Gasteiger partial charge in [0.2, 0.25) is 0 Å². The third-order valence-electron chi connectivity index (χ3n) is 7.17. The number of rotatable bonds is 6. The number of aromatic nitrogens is 2. The predicted molar refractivity (Wildman–Crippen MR) is 139 cm³/mol. The van der Waals surface area contributed by atoms with Gasteiger partial charge in [-0.25, -0.2) is 0 Å². The van der Waals surface area contributed by atoms with Gasteiger partial charge in [0.25, 0.3) is 5.56 Å². The summed E-state index contributed by atoms with van der Waals surface area (Å²) in [5.74, 6) is 1.24. The minimum Gasteiger partial charge on any atom is -0.491 e. The van der Waals surface area contributed by atoms with Crippen molar-refractivity contribution in [3.8, 4) is 17.0 Å². The van der Waals surface area contributed by atoms with Crippen molar-refractivity contribution in [2.45, 2.75) is 64.9 Å². The molecular weight excluding hydrogens is 426 g/mol. The van der Waals surface area contributed by atoms with Gasteiger partial charge < -0.3 is 24.3 Å². The topological polar surface area (TPSA) is 70.5 Å². The average molecular weight is 466 g/mol. The first-order chi connectivity index (χ1) is 16.0. The minimum absolute atomic E-state index is 0.121. The van der Waals surface area contributed by atoms with Crippen molar-refractivity contribution in [3.05, 3.63) is 51.4 Å². The number of H-pyrrole nitrogens is 1. The van der Waals surface area contributed by atoms with E-state index in [2.05, 4.69) is 41.9 Å². The number of nitrogens with zero attached hydrogens (tertiary/aromatic N) is 2. The molecule has 0 atom stereocenters. The number of aryl methyl sites for hydroxylation is 1. The number of benzene rings is 1. The molecule has 0 unspecified atom stereocenters. The van der Waals surface area contributed by atoms with Crippen molar-refractivity contribution < 1.29 is 9.84 Å². The van der Waals surface area contributed by atoms with Crippen LogP contribution in [0.4, 0.5) is 0 Å². The maximum atomic E-state index is 12.5. The maximum absolute atomic E-state index is 12.5. The molecule has 1 saturated heterocycles. The predicted octanol–water partition coefficient (Wildman–Crippen LogP) is 4.92. The van der Waals surface area contributed by atoms with Crippen molar-refractivity contribution in [1.29, 1.82) is 0 Å². The van der Waals surface area contributed by atoms with Gasteiger partial charge in [-0.3, -0.25) is 4.79 Å². The number of ether oxygens (including phenoxy) is 1. The summed E-state index contributed by atoms with van der Waals surface area (Å²) < 4.78 is 7.06. The lowest BCUT2D eigenvalue weighted by atomic mass is 9.87. The second-order valence-electron chi connectivity index (χ2n) is 10.9. The molecule has 1 aliphatic rings. The first kappa shape index (κ1) is 24.6. The second kappa shape index (κ2) is 9.23. The highest BCUT2D eigenvalue weighted by Gasteiger charge is 2.26. The molecule has 0 aliphatic carbocycles. The van der Waals surface area contributed by atoms with E-state index < -0.39 is 5.60 Å². The van der Waals surface area contributed by atoms with Gasteiger partial charge in [-0.1, -0.05) is 19.9 Å². The molecule has 2 aromatic heterocycles. The van der Waals surface area contributed by atoms with E-state index in [0.717, 1.165) is 54.8 Å². The van der Waals surface area contributed by atoms with Gasteiger partial charge in [-0.2, -0.15) is 0 Å². The van der Waals surface area contributed by atoms with Crippen LogP contribution >= 0.6 is 0 Å². The number of fused-ring (bicyclic) bond motifs is 1. The third kappa shape index (κ3) is 4.66. The summed E-state index contributed by atoms with van der Waals surface area (Å²) in [7, 11) is 3.33. The number of hydrogen-bond donors (Lipinski definition) is 2. The molecule has 2 N–H and O–H groups in total. The zero-order chi connectivity index (χ0) is 24.8. The number of piperidine rings is 1. The highest BCUT2D eigenvalue weighted by atomic mass is 16.5. The van der Waals surface area contributed by atoms with E-state index in [-0.39, 0.29) is 5.56 Å². The summed E-state index contributed by atoms with van der Waals surface area (Å²) in [5.41, 5.74) is 5.93. The summed E-state index contributed by atoms with van der Waals surface area (Å²) in [5, 5.41) is 11.4. The highest BCUT2D eigenvalue weighted by molar-refractivity contribution is 5.92. The van der Waals surface area contributed by atoms with Crippen LogP contribution < -0.4 is 10.3 Å². The first-order valence-electron chi connectivity index (χ1n) is 12.3. The van der Waals surface area contributed by atoms with Crippen LogP contribution in [0.1, 0.15) is 69.1 Å². The molecule has 1 fully saturated rings. The largest absolute Gasteiger partial charge is 0.491 e. The Morgan fingerprint density at radius 1 is 1.24 bits per heavy atom. The molecule has 6 nitrogen and oxygen atoms in total. The maximum Gasteiger partial charge on any atom is 0.292 e. The van der Waals surface area contributed by atoms with Crippen molar-refractivity contribution in [1.82, 2.24) is 14.5 Å². The van der Waals surface area contributed by atoms with Crippen molar-refractivity contribution in [3.63, 3.8) is 0 Å². The highest BCUT2D eigenvalue weighted by Crippen LogP contribution is 2.40. The van der Waals surface area contributed by atoms with Crippen molar-refractivity contribution >= 4 is 10.9 Å². The van der Waals surface area contributed by atoms with Crippen LogP contribution in [0.5, 0.6) is 5.75 Å². The van der Waals surface area contributed by atoms with Gasteiger partial charge in [0.05, 0.1) is 18.4 Å². The van der Waals surface area contributed by atoms with Crippen LogP contribution in [0.15, 0.2) is 29.2 Å². The molecule has 3 heterocycles. The molecule has 0 spiro atoms. The van der Waals surface area contributed by atoms with Crippen LogP contribution in [0.2, 0.25) is 0 Å². The Hall–Kier alpha value is -2.57. The summed E-state index contributed by atoms with van der Waals surface area (Å²) in [4.78, 5) is 18.6. The van der Waals surface area contributed by atoms with E-state index >= 15 is 0 Å². The Labute approximate surface area is 202 Å². The molecular formula is C28H39N3O3. The summed E-state index contributed by atoms with van der Waals surface area (Å²) in [6.07, 6.45) is 4.12. The van der Waals surface area contributed by atoms with Gasteiger partial charge >= 0.3 is 0 Å².